The zero-order valence-corrected chi connectivity index (χ0v) is 18.8. The van der Waals surface area contributed by atoms with Crippen LogP contribution in [0.3, 0.4) is 0 Å². The third-order valence-electron chi connectivity index (χ3n) is 5.73. The zero-order chi connectivity index (χ0) is 24.8. The van der Waals surface area contributed by atoms with Crippen molar-refractivity contribution in [3.63, 3.8) is 0 Å². The lowest BCUT2D eigenvalue weighted by molar-refractivity contribution is -0.123. The molecule has 4 rings (SSSR count). The Morgan fingerprint density at radius 2 is 1.63 bits per heavy atom. The van der Waals surface area contributed by atoms with Crippen LogP contribution in [0.5, 0.6) is 0 Å². The van der Waals surface area contributed by atoms with Crippen LogP contribution in [0.25, 0.3) is 11.1 Å². The Kier molecular flexibility index (Phi) is 7.15. The number of hydrogen-bond acceptors (Lipinski definition) is 6. The predicted molar refractivity (Wildman–Crippen MR) is 128 cm³/mol. The third-order valence-corrected chi connectivity index (χ3v) is 5.73. The van der Waals surface area contributed by atoms with Gasteiger partial charge >= 0.3 is 12.1 Å². The van der Waals surface area contributed by atoms with Crippen molar-refractivity contribution >= 4 is 18.0 Å². The lowest BCUT2D eigenvalue weighted by Crippen LogP contribution is -2.46. The van der Waals surface area contributed by atoms with E-state index in [2.05, 4.69) is 39.3 Å². The SMILES string of the molecule is C=CCC(NC(=O)OCC1c2ccccc2-c2ccccc21)C(=O)NCc1ncc(C(=O)O)cn1. The van der Waals surface area contributed by atoms with Crippen molar-refractivity contribution < 1.29 is 24.2 Å². The Labute approximate surface area is 201 Å². The minimum atomic E-state index is -1.14. The topological polar surface area (TPSA) is 131 Å². The number of carbonyl (C=O) groups excluding carboxylic acids is 2. The molecule has 2 amide bonds. The number of fused-ring (bicyclic) bond motifs is 3. The van der Waals surface area contributed by atoms with Gasteiger partial charge in [-0.1, -0.05) is 54.6 Å². The van der Waals surface area contributed by atoms with Crippen molar-refractivity contribution in [1.82, 2.24) is 20.6 Å². The predicted octanol–water partition coefficient (Wildman–Crippen LogP) is 3.27. The summed E-state index contributed by atoms with van der Waals surface area (Å²) >= 11 is 0. The molecular weight excluding hydrogens is 448 g/mol. The number of hydrogen-bond donors (Lipinski definition) is 3. The summed E-state index contributed by atoms with van der Waals surface area (Å²) in [5.74, 6) is -1.46. The molecule has 1 aliphatic rings. The van der Waals surface area contributed by atoms with Gasteiger partial charge in [0.25, 0.3) is 0 Å². The number of amides is 2. The van der Waals surface area contributed by atoms with E-state index < -0.39 is 24.0 Å². The summed E-state index contributed by atoms with van der Waals surface area (Å²) in [4.78, 5) is 43.9. The van der Waals surface area contributed by atoms with Gasteiger partial charge in [-0.3, -0.25) is 4.79 Å². The highest BCUT2D eigenvalue weighted by Gasteiger charge is 2.29. The van der Waals surface area contributed by atoms with Gasteiger partial charge in [-0.2, -0.15) is 0 Å². The number of nitrogens with zero attached hydrogens (tertiary/aromatic N) is 2. The van der Waals surface area contributed by atoms with Gasteiger partial charge < -0.3 is 20.5 Å². The van der Waals surface area contributed by atoms with Gasteiger partial charge in [-0.15, -0.1) is 6.58 Å². The molecule has 0 aliphatic heterocycles. The first-order chi connectivity index (χ1) is 17.0. The maximum absolute atomic E-state index is 12.6. The minimum absolute atomic E-state index is 0.0290. The third kappa shape index (κ3) is 5.35. The summed E-state index contributed by atoms with van der Waals surface area (Å²) in [6.07, 6.45) is 3.32. The fourth-order valence-electron chi connectivity index (χ4n) is 4.03. The molecule has 0 saturated carbocycles. The van der Waals surface area contributed by atoms with Gasteiger partial charge in [0.1, 0.15) is 18.5 Å². The maximum Gasteiger partial charge on any atom is 0.407 e. The van der Waals surface area contributed by atoms with Crippen molar-refractivity contribution in [2.24, 2.45) is 0 Å². The van der Waals surface area contributed by atoms with E-state index in [4.69, 9.17) is 9.84 Å². The second-order valence-corrected chi connectivity index (χ2v) is 7.96. The quantitative estimate of drug-likeness (QED) is 0.408. The molecule has 1 heterocycles. The lowest BCUT2D eigenvalue weighted by Gasteiger charge is -2.18. The standard InChI is InChI=1S/C26H24N4O5/c1-2-7-22(24(31)29-14-23-27-12-16(13-28-23)25(32)33)30-26(34)35-15-21-19-10-5-3-8-17(19)18-9-4-6-11-20(18)21/h2-6,8-13,21-22H,1,7,14-15H2,(H,29,31)(H,30,34)(H,32,33). The van der Waals surface area contributed by atoms with Crippen molar-refractivity contribution in [1.29, 1.82) is 0 Å². The van der Waals surface area contributed by atoms with Crippen molar-refractivity contribution in [2.75, 3.05) is 6.61 Å². The number of carboxylic acids is 1. The Balaban J connectivity index is 1.34. The molecular formula is C26H24N4O5. The number of rotatable bonds is 9. The number of carbonyl (C=O) groups is 3. The van der Waals surface area contributed by atoms with Crippen LogP contribution in [-0.2, 0) is 16.1 Å². The fraction of sp³-hybridized carbons (Fsp3) is 0.192. The normalized spacial score (nSPS) is 12.7. The summed E-state index contributed by atoms with van der Waals surface area (Å²) in [6.45, 7) is 3.74. The molecule has 9 nitrogen and oxygen atoms in total. The lowest BCUT2D eigenvalue weighted by atomic mass is 9.98. The summed E-state index contributed by atoms with van der Waals surface area (Å²) in [5, 5.41) is 14.1. The van der Waals surface area contributed by atoms with E-state index in [1.807, 2.05) is 36.4 Å². The van der Waals surface area contributed by atoms with E-state index >= 15 is 0 Å². The first-order valence-corrected chi connectivity index (χ1v) is 11.0. The van der Waals surface area contributed by atoms with Gasteiger partial charge in [0, 0.05) is 18.3 Å². The van der Waals surface area contributed by atoms with E-state index in [1.165, 1.54) is 6.08 Å². The van der Waals surface area contributed by atoms with Crippen molar-refractivity contribution in [3.05, 3.63) is 96.1 Å². The van der Waals surface area contributed by atoms with Crippen molar-refractivity contribution in [2.45, 2.75) is 24.9 Å². The van der Waals surface area contributed by atoms with Crippen LogP contribution in [0.2, 0.25) is 0 Å². The summed E-state index contributed by atoms with van der Waals surface area (Å²) in [5.41, 5.74) is 4.38. The van der Waals surface area contributed by atoms with Gasteiger partial charge in [0.2, 0.25) is 5.91 Å². The maximum atomic E-state index is 12.6. The molecule has 0 spiro atoms. The Bertz CT molecular complexity index is 1210. The first kappa shape index (κ1) is 23.6. The molecule has 1 unspecified atom stereocenters. The van der Waals surface area contributed by atoms with Crippen molar-refractivity contribution in [3.8, 4) is 11.1 Å². The number of aromatic nitrogens is 2. The van der Waals surface area contributed by atoms with Gasteiger partial charge in [-0.05, 0) is 28.7 Å². The second kappa shape index (κ2) is 10.6. The monoisotopic (exact) mass is 472 g/mol. The highest BCUT2D eigenvalue weighted by Crippen LogP contribution is 2.44. The highest BCUT2D eigenvalue weighted by molar-refractivity contribution is 5.87. The number of carboxylic acid groups (broad SMARTS) is 1. The summed E-state index contributed by atoms with van der Waals surface area (Å²) in [7, 11) is 0. The Hall–Kier alpha value is -4.53. The molecule has 0 radical (unpaired) electrons. The molecule has 9 heteroatoms. The highest BCUT2D eigenvalue weighted by atomic mass is 16.5. The second-order valence-electron chi connectivity index (χ2n) is 7.96. The smallest absolute Gasteiger partial charge is 0.407 e. The summed E-state index contributed by atoms with van der Waals surface area (Å²) < 4.78 is 5.52. The van der Waals surface area contributed by atoms with Crippen LogP contribution >= 0.6 is 0 Å². The van der Waals surface area contributed by atoms with Crippen LogP contribution in [0.15, 0.2) is 73.6 Å². The molecule has 3 aromatic rings. The zero-order valence-electron chi connectivity index (χ0n) is 18.8. The molecule has 35 heavy (non-hydrogen) atoms. The largest absolute Gasteiger partial charge is 0.478 e. The molecule has 178 valence electrons. The van der Waals surface area contributed by atoms with Crippen LogP contribution in [0.4, 0.5) is 4.79 Å². The van der Waals surface area contributed by atoms with Gasteiger partial charge in [0.05, 0.1) is 12.1 Å². The van der Waals surface area contributed by atoms with Gasteiger partial charge in [0.15, 0.2) is 0 Å². The minimum Gasteiger partial charge on any atom is -0.478 e. The van der Waals surface area contributed by atoms with E-state index in [0.29, 0.717) is 0 Å². The van der Waals surface area contributed by atoms with Crippen LogP contribution in [0, 0.1) is 0 Å². The first-order valence-electron chi connectivity index (χ1n) is 11.0. The van der Waals surface area contributed by atoms with Crippen LogP contribution in [0.1, 0.15) is 39.6 Å². The summed E-state index contributed by atoms with van der Waals surface area (Å²) in [6, 6.07) is 15.1. The number of nitrogens with one attached hydrogen (secondary N) is 2. The van der Waals surface area contributed by atoms with Gasteiger partial charge in [-0.25, -0.2) is 19.6 Å². The molecule has 2 aromatic carbocycles. The molecule has 3 N–H and O–H groups in total. The average molecular weight is 473 g/mol. The number of aromatic carboxylic acids is 1. The van der Waals surface area contributed by atoms with E-state index in [0.717, 1.165) is 34.6 Å². The molecule has 1 aromatic heterocycles. The Morgan fingerprint density at radius 1 is 1.03 bits per heavy atom. The number of alkyl carbamates (subject to hydrolysis) is 1. The Morgan fingerprint density at radius 3 is 2.20 bits per heavy atom. The molecule has 0 saturated heterocycles. The molecule has 1 aliphatic carbocycles. The fourth-order valence-corrected chi connectivity index (χ4v) is 4.03. The van der Waals surface area contributed by atoms with E-state index in [1.54, 1.807) is 0 Å². The molecule has 1 atom stereocenters. The molecule has 0 fully saturated rings. The van der Waals surface area contributed by atoms with Crippen LogP contribution < -0.4 is 10.6 Å². The molecule has 0 bridgehead atoms. The average Bonchev–Trinajstić information content (AvgIpc) is 3.19. The number of ether oxygens (including phenoxy) is 1. The van der Waals surface area contributed by atoms with Crippen LogP contribution in [-0.4, -0.2) is 45.7 Å². The van der Waals surface area contributed by atoms with E-state index in [9.17, 15) is 14.4 Å². The van der Waals surface area contributed by atoms with E-state index in [-0.39, 0.29) is 36.9 Å². The number of benzene rings is 2.